The molecule has 4 aromatic carbocycles. The van der Waals surface area contributed by atoms with Crippen molar-refractivity contribution in [2.45, 2.75) is 19.4 Å². The van der Waals surface area contributed by atoms with E-state index in [1.807, 2.05) is 6.07 Å². The average molecular weight is 441 g/mol. The molecule has 34 heavy (non-hydrogen) atoms. The lowest BCUT2D eigenvalue weighted by Crippen LogP contribution is -2.15. The maximum absolute atomic E-state index is 5.12. The Morgan fingerprint density at radius 1 is 0.618 bits per heavy atom. The molecule has 0 aliphatic heterocycles. The van der Waals surface area contributed by atoms with Crippen LogP contribution in [0.15, 0.2) is 127 Å². The van der Waals surface area contributed by atoms with E-state index < -0.39 is 0 Å². The van der Waals surface area contributed by atoms with Gasteiger partial charge in [0.25, 0.3) is 0 Å². The number of nitrogens with zero attached hydrogens (tertiary/aromatic N) is 1. The lowest BCUT2D eigenvalue weighted by Gasteiger charge is -2.24. The van der Waals surface area contributed by atoms with Crippen molar-refractivity contribution in [1.82, 2.24) is 4.98 Å². The summed E-state index contributed by atoms with van der Waals surface area (Å²) in [4.78, 5) is 5.12. The first-order chi connectivity index (χ1) is 16.8. The smallest absolute Gasteiger partial charge is 0.0946 e. The Morgan fingerprint density at radius 3 is 1.97 bits per heavy atom. The number of aromatic nitrogens is 1. The van der Waals surface area contributed by atoms with Crippen LogP contribution in [0.1, 0.15) is 29.8 Å². The van der Waals surface area contributed by atoms with Crippen molar-refractivity contribution in [3.05, 3.63) is 144 Å². The van der Waals surface area contributed by atoms with Crippen molar-refractivity contribution in [2.24, 2.45) is 0 Å². The number of benzene rings is 4. The number of pyridine rings is 1. The molecule has 1 atom stereocenters. The topological polar surface area (TPSA) is 24.9 Å². The summed E-state index contributed by atoms with van der Waals surface area (Å²) in [6, 6.07) is 44.4. The fourth-order valence-electron chi connectivity index (χ4n) is 4.33. The fraction of sp³-hybridized carbons (Fsp3) is 0.0938. The highest BCUT2D eigenvalue weighted by molar-refractivity contribution is 5.70. The monoisotopic (exact) mass is 440 g/mol. The Labute approximate surface area is 202 Å². The molecule has 0 spiro atoms. The molecule has 1 N–H and O–H groups in total. The first-order valence-corrected chi connectivity index (χ1v) is 11.8. The first-order valence-electron chi connectivity index (χ1n) is 11.8. The molecule has 5 rings (SSSR count). The third kappa shape index (κ3) is 4.77. The van der Waals surface area contributed by atoms with E-state index in [9.17, 15) is 0 Å². The van der Waals surface area contributed by atoms with E-state index in [2.05, 4.69) is 134 Å². The largest absolute Gasteiger partial charge is 0.373 e. The molecule has 0 aliphatic carbocycles. The van der Waals surface area contributed by atoms with Crippen molar-refractivity contribution in [3.8, 4) is 22.4 Å². The summed E-state index contributed by atoms with van der Waals surface area (Å²) in [6.45, 7) is 2.18. The van der Waals surface area contributed by atoms with Gasteiger partial charge < -0.3 is 5.32 Å². The van der Waals surface area contributed by atoms with Gasteiger partial charge >= 0.3 is 0 Å². The number of aryl methyl sites for hydroxylation is 1. The molecule has 2 heteroatoms. The fourth-order valence-corrected chi connectivity index (χ4v) is 4.33. The van der Waals surface area contributed by atoms with E-state index >= 15 is 0 Å². The molecular weight excluding hydrogens is 412 g/mol. The highest BCUT2D eigenvalue weighted by atomic mass is 15.0. The van der Waals surface area contributed by atoms with Crippen molar-refractivity contribution in [2.75, 3.05) is 5.32 Å². The van der Waals surface area contributed by atoms with E-state index in [-0.39, 0.29) is 6.04 Å². The molecule has 1 aromatic heterocycles. The normalized spacial score (nSPS) is 11.7. The quantitative estimate of drug-likeness (QED) is 0.276. The van der Waals surface area contributed by atoms with Crippen molar-refractivity contribution >= 4 is 5.69 Å². The van der Waals surface area contributed by atoms with Crippen LogP contribution in [0.25, 0.3) is 22.4 Å². The Balaban J connectivity index is 1.62. The van der Waals surface area contributed by atoms with Gasteiger partial charge in [0.1, 0.15) is 0 Å². The number of hydrogen-bond donors (Lipinski definition) is 1. The van der Waals surface area contributed by atoms with Crippen LogP contribution in [0.4, 0.5) is 5.69 Å². The molecule has 0 saturated carbocycles. The Morgan fingerprint density at radius 2 is 1.26 bits per heavy atom. The van der Waals surface area contributed by atoms with Gasteiger partial charge in [-0.25, -0.2) is 0 Å². The first kappa shape index (κ1) is 21.7. The maximum atomic E-state index is 5.12. The number of hydrogen-bond acceptors (Lipinski definition) is 2. The third-order valence-electron chi connectivity index (χ3n) is 6.17. The van der Waals surface area contributed by atoms with Crippen LogP contribution in [0.2, 0.25) is 0 Å². The van der Waals surface area contributed by atoms with Crippen LogP contribution in [0, 0.1) is 0 Å². The minimum absolute atomic E-state index is 0.104. The molecule has 0 radical (unpaired) electrons. The summed E-state index contributed by atoms with van der Waals surface area (Å²) >= 11 is 0. The van der Waals surface area contributed by atoms with E-state index in [1.165, 1.54) is 22.3 Å². The van der Waals surface area contributed by atoms with Gasteiger partial charge in [0, 0.05) is 11.3 Å². The Kier molecular flexibility index (Phi) is 6.49. The molecule has 1 heterocycles. The average Bonchev–Trinajstić information content (AvgIpc) is 2.93. The van der Waals surface area contributed by atoms with Gasteiger partial charge in [0.15, 0.2) is 0 Å². The number of rotatable bonds is 7. The standard InChI is InChI=1S/C32H28N2/c1-2-24-20-22-27(23-21-24)33-32(29-17-10-9-16-28(29)25-12-5-3-6-13-25)31-19-11-18-30(34-31)26-14-7-4-8-15-26/h3-23,32-33H,2H2,1H3. The summed E-state index contributed by atoms with van der Waals surface area (Å²) in [6.07, 6.45) is 1.03. The second-order valence-corrected chi connectivity index (χ2v) is 8.39. The van der Waals surface area contributed by atoms with E-state index in [0.29, 0.717) is 0 Å². The van der Waals surface area contributed by atoms with Crippen LogP contribution in [-0.4, -0.2) is 4.98 Å². The molecule has 1 unspecified atom stereocenters. The Bertz CT molecular complexity index is 1340. The minimum Gasteiger partial charge on any atom is -0.373 e. The molecule has 0 fully saturated rings. The highest BCUT2D eigenvalue weighted by Gasteiger charge is 2.20. The second-order valence-electron chi connectivity index (χ2n) is 8.39. The molecule has 166 valence electrons. The van der Waals surface area contributed by atoms with Gasteiger partial charge in [-0.15, -0.1) is 0 Å². The van der Waals surface area contributed by atoms with Crippen LogP contribution in [0.3, 0.4) is 0 Å². The van der Waals surface area contributed by atoms with Crippen molar-refractivity contribution in [1.29, 1.82) is 0 Å². The third-order valence-corrected chi connectivity index (χ3v) is 6.17. The molecule has 0 aliphatic rings. The van der Waals surface area contributed by atoms with E-state index in [1.54, 1.807) is 0 Å². The van der Waals surface area contributed by atoms with Crippen molar-refractivity contribution in [3.63, 3.8) is 0 Å². The predicted octanol–water partition coefficient (Wildman–Crippen LogP) is 8.18. The maximum Gasteiger partial charge on any atom is 0.0946 e. The molecule has 0 saturated heterocycles. The molecule has 2 nitrogen and oxygen atoms in total. The van der Waals surface area contributed by atoms with E-state index in [4.69, 9.17) is 4.98 Å². The zero-order valence-electron chi connectivity index (χ0n) is 19.4. The van der Waals surface area contributed by atoms with E-state index in [0.717, 1.165) is 29.1 Å². The predicted molar refractivity (Wildman–Crippen MR) is 143 cm³/mol. The Hall–Kier alpha value is -4.17. The lowest BCUT2D eigenvalue weighted by atomic mass is 9.92. The second kappa shape index (κ2) is 10.2. The lowest BCUT2D eigenvalue weighted by molar-refractivity contribution is 0.890. The van der Waals surface area contributed by atoms with Crippen molar-refractivity contribution < 1.29 is 0 Å². The van der Waals surface area contributed by atoms with Crippen LogP contribution >= 0.6 is 0 Å². The van der Waals surface area contributed by atoms with Gasteiger partial charge in [-0.2, -0.15) is 0 Å². The van der Waals surface area contributed by atoms with Crippen LogP contribution in [0.5, 0.6) is 0 Å². The highest BCUT2D eigenvalue weighted by Crippen LogP contribution is 2.34. The number of nitrogens with one attached hydrogen (secondary N) is 1. The summed E-state index contributed by atoms with van der Waals surface area (Å²) in [7, 11) is 0. The van der Waals surface area contributed by atoms with Gasteiger partial charge in [0.2, 0.25) is 0 Å². The molecular formula is C32H28N2. The van der Waals surface area contributed by atoms with Gasteiger partial charge in [-0.1, -0.05) is 110 Å². The molecule has 5 aromatic rings. The summed E-state index contributed by atoms with van der Waals surface area (Å²) in [5, 5.41) is 3.79. The minimum atomic E-state index is -0.104. The zero-order valence-corrected chi connectivity index (χ0v) is 19.4. The van der Waals surface area contributed by atoms with Crippen LogP contribution < -0.4 is 5.32 Å². The number of anilines is 1. The summed E-state index contributed by atoms with van der Waals surface area (Å²) in [5.41, 5.74) is 9.10. The van der Waals surface area contributed by atoms with Gasteiger partial charge in [0.05, 0.1) is 17.4 Å². The summed E-state index contributed by atoms with van der Waals surface area (Å²) < 4.78 is 0. The zero-order chi connectivity index (χ0) is 23.2. The molecule has 0 bridgehead atoms. The van der Waals surface area contributed by atoms with Gasteiger partial charge in [-0.3, -0.25) is 4.98 Å². The summed E-state index contributed by atoms with van der Waals surface area (Å²) in [5.74, 6) is 0. The molecule has 0 amide bonds. The SMILES string of the molecule is CCc1ccc(NC(c2cccc(-c3ccccc3)n2)c2ccccc2-c2ccccc2)cc1. The van der Waals surface area contributed by atoms with Crippen LogP contribution in [-0.2, 0) is 6.42 Å². The van der Waals surface area contributed by atoms with Gasteiger partial charge in [-0.05, 0) is 52.9 Å².